The SMILES string of the molecule is O=C(NCCNc1ccccn1)c1ccc2cc(Oc3ccc(C(F)(F)F)cn3)ccc2n1. The van der Waals surface area contributed by atoms with E-state index in [4.69, 9.17) is 4.74 Å². The van der Waals surface area contributed by atoms with E-state index in [1.807, 2.05) is 18.2 Å². The monoisotopic (exact) mass is 453 g/mol. The molecule has 0 aliphatic carbocycles. The summed E-state index contributed by atoms with van der Waals surface area (Å²) >= 11 is 0. The number of carbonyl (C=O) groups excluding carboxylic acids is 1. The summed E-state index contributed by atoms with van der Waals surface area (Å²) in [6.07, 6.45) is -2.06. The van der Waals surface area contributed by atoms with Gasteiger partial charge in [-0.25, -0.2) is 15.0 Å². The van der Waals surface area contributed by atoms with Crippen molar-refractivity contribution in [3.63, 3.8) is 0 Å². The number of fused-ring (bicyclic) bond motifs is 1. The van der Waals surface area contributed by atoms with Gasteiger partial charge < -0.3 is 15.4 Å². The Bertz CT molecular complexity index is 1250. The van der Waals surface area contributed by atoms with E-state index in [-0.39, 0.29) is 17.5 Å². The molecule has 0 fully saturated rings. The van der Waals surface area contributed by atoms with E-state index >= 15 is 0 Å². The number of nitrogens with one attached hydrogen (secondary N) is 2. The van der Waals surface area contributed by atoms with Crippen molar-refractivity contribution in [2.75, 3.05) is 18.4 Å². The van der Waals surface area contributed by atoms with Gasteiger partial charge in [-0.2, -0.15) is 13.2 Å². The van der Waals surface area contributed by atoms with E-state index in [9.17, 15) is 18.0 Å². The van der Waals surface area contributed by atoms with Crippen LogP contribution in [0.1, 0.15) is 16.1 Å². The Hall–Kier alpha value is -4.21. The van der Waals surface area contributed by atoms with Gasteiger partial charge in [0.1, 0.15) is 17.3 Å². The largest absolute Gasteiger partial charge is 0.439 e. The van der Waals surface area contributed by atoms with Crippen LogP contribution in [0.4, 0.5) is 19.0 Å². The van der Waals surface area contributed by atoms with Gasteiger partial charge in [0.25, 0.3) is 5.91 Å². The van der Waals surface area contributed by atoms with Crippen LogP contribution in [0.5, 0.6) is 11.6 Å². The van der Waals surface area contributed by atoms with Gasteiger partial charge in [-0.15, -0.1) is 0 Å². The predicted octanol–water partition coefficient (Wildman–Crippen LogP) is 4.68. The highest BCUT2D eigenvalue weighted by Gasteiger charge is 2.30. The molecule has 10 heteroatoms. The molecule has 168 valence electrons. The molecule has 4 aromatic rings. The first-order valence-corrected chi connectivity index (χ1v) is 9.93. The quantitative estimate of drug-likeness (QED) is 0.395. The van der Waals surface area contributed by atoms with Crippen molar-refractivity contribution in [3.8, 4) is 11.6 Å². The summed E-state index contributed by atoms with van der Waals surface area (Å²) in [6, 6.07) is 15.8. The fourth-order valence-electron chi connectivity index (χ4n) is 2.95. The highest BCUT2D eigenvalue weighted by molar-refractivity contribution is 5.95. The molecule has 4 rings (SSSR count). The van der Waals surface area contributed by atoms with Crippen molar-refractivity contribution >= 4 is 22.6 Å². The van der Waals surface area contributed by atoms with E-state index in [0.717, 1.165) is 18.0 Å². The van der Waals surface area contributed by atoms with Gasteiger partial charge in [-0.05, 0) is 42.5 Å². The molecule has 1 amide bonds. The van der Waals surface area contributed by atoms with Gasteiger partial charge in [-0.3, -0.25) is 4.79 Å². The molecule has 0 atom stereocenters. The number of carbonyl (C=O) groups is 1. The van der Waals surface area contributed by atoms with Crippen LogP contribution >= 0.6 is 0 Å². The molecule has 0 unspecified atom stereocenters. The number of ether oxygens (including phenoxy) is 1. The zero-order valence-corrected chi connectivity index (χ0v) is 17.1. The predicted molar refractivity (Wildman–Crippen MR) is 116 cm³/mol. The van der Waals surface area contributed by atoms with Crippen LogP contribution in [0.3, 0.4) is 0 Å². The third-order valence-electron chi connectivity index (χ3n) is 4.56. The van der Waals surface area contributed by atoms with Crippen LogP contribution in [0.2, 0.25) is 0 Å². The number of halogens is 3. The average Bonchev–Trinajstić information content (AvgIpc) is 2.82. The first-order valence-electron chi connectivity index (χ1n) is 9.93. The van der Waals surface area contributed by atoms with Crippen molar-refractivity contribution < 1.29 is 22.7 Å². The van der Waals surface area contributed by atoms with Gasteiger partial charge in [0, 0.05) is 36.9 Å². The Morgan fingerprint density at radius 3 is 2.58 bits per heavy atom. The van der Waals surface area contributed by atoms with Crippen molar-refractivity contribution in [2.45, 2.75) is 6.18 Å². The third kappa shape index (κ3) is 5.73. The van der Waals surface area contributed by atoms with Crippen LogP contribution in [0.25, 0.3) is 10.9 Å². The highest BCUT2D eigenvalue weighted by Crippen LogP contribution is 2.30. The van der Waals surface area contributed by atoms with E-state index in [1.165, 1.54) is 0 Å². The minimum Gasteiger partial charge on any atom is -0.439 e. The van der Waals surface area contributed by atoms with Crippen molar-refractivity contribution in [1.29, 1.82) is 0 Å². The second-order valence-corrected chi connectivity index (χ2v) is 6.93. The van der Waals surface area contributed by atoms with Gasteiger partial charge in [0.15, 0.2) is 0 Å². The third-order valence-corrected chi connectivity index (χ3v) is 4.56. The molecule has 0 spiro atoms. The summed E-state index contributed by atoms with van der Waals surface area (Å²) in [4.78, 5) is 24.6. The molecule has 0 aliphatic rings. The number of benzene rings is 1. The summed E-state index contributed by atoms with van der Waals surface area (Å²) in [5.74, 6) is 0.828. The fraction of sp³-hybridized carbons (Fsp3) is 0.130. The van der Waals surface area contributed by atoms with E-state index in [1.54, 1.807) is 36.5 Å². The molecule has 33 heavy (non-hydrogen) atoms. The fourth-order valence-corrected chi connectivity index (χ4v) is 2.95. The van der Waals surface area contributed by atoms with Crippen LogP contribution in [0.15, 0.2) is 73.1 Å². The van der Waals surface area contributed by atoms with E-state index in [0.29, 0.717) is 35.9 Å². The van der Waals surface area contributed by atoms with Gasteiger partial charge in [0.05, 0.1) is 11.1 Å². The van der Waals surface area contributed by atoms with Gasteiger partial charge in [-0.1, -0.05) is 12.1 Å². The van der Waals surface area contributed by atoms with Crippen LogP contribution in [0, 0.1) is 0 Å². The Kier molecular flexibility index (Phi) is 6.34. The molecule has 2 N–H and O–H groups in total. The van der Waals surface area contributed by atoms with Gasteiger partial charge >= 0.3 is 6.18 Å². The zero-order chi connectivity index (χ0) is 23.3. The Morgan fingerprint density at radius 2 is 1.85 bits per heavy atom. The molecule has 3 heterocycles. The molecule has 0 radical (unpaired) electrons. The standard InChI is InChI=1S/C23H18F3N5O2/c24-23(25,26)16-5-9-21(30-14-16)33-17-6-8-18-15(13-17)4-7-19(31-18)22(32)29-12-11-28-20-3-1-2-10-27-20/h1-10,13-14H,11-12H2,(H,27,28)(H,29,32). The summed E-state index contributed by atoms with van der Waals surface area (Å²) in [5, 5.41) is 6.59. The number of aromatic nitrogens is 3. The van der Waals surface area contributed by atoms with Crippen molar-refractivity contribution in [1.82, 2.24) is 20.3 Å². The number of amides is 1. The number of hydrogen-bond donors (Lipinski definition) is 2. The van der Waals surface area contributed by atoms with E-state index in [2.05, 4.69) is 25.6 Å². The number of anilines is 1. The lowest BCUT2D eigenvalue weighted by molar-refractivity contribution is -0.137. The van der Waals surface area contributed by atoms with E-state index < -0.39 is 11.7 Å². The average molecular weight is 453 g/mol. The van der Waals surface area contributed by atoms with Crippen molar-refractivity contribution in [2.24, 2.45) is 0 Å². The minimum atomic E-state index is -4.46. The van der Waals surface area contributed by atoms with Crippen LogP contribution in [-0.4, -0.2) is 33.9 Å². The van der Waals surface area contributed by atoms with Crippen molar-refractivity contribution in [3.05, 3.63) is 84.3 Å². The first kappa shape index (κ1) is 22.0. The summed E-state index contributed by atoms with van der Waals surface area (Å²) < 4.78 is 43.5. The first-order chi connectivity index (χ1) is 15.9. The molecule has 0 saturated carbocycles. The maximum absolute atomic E-state index is 12.6. The Labute approximate surface area is 186 Å². The van der Waals surface area contributed by atoms with Crippen LogP contribution in [-0.2, 0) is 6.18 Å². The minimum absolute atomic E-state index is 0.0330. The molecular formula is C23H18F3N5O2. The number of hydrogen-bond acceptors (Lipinski definition) is 6. The maximum atomic E-state index is 12.6. The lowest BCUT2D eigenvalue weighted by Crippen LogP contribution is -2.29. The number of alkyl halides is 3. The Balaban J connectivity index is 1.36. The molecule has 3 aromatic heterocycles. The number of rotatable bonds is 7. The summed E-state index contributed by atoms with van der Waals surface area (Å²) in [6.45, 7) is 0.900. The topological polar surface area (TPSA) is 89.0 Å². The second-order valence-electron chi connectivity index (χ2n) is 6.93. The number of nitrogens with zero attached hydrogens (tertiary/aromatic N) is 3. The molecular weight excluding hydrogens is 435 g/mol. The molecule has 1 aromatic carbocycles. The maximum Gasteiger partial charge on any atom is 0.417 e. The smallest absolute Gasteiger partial charge is 0.417 e. The second kappa shape index (κ2) is 9.51. The Morgan fingerprint density at radius 1 is 0.970 bits per heavy atom. The number of pyridine rings is 3. The zero-order valence-electron chi connectivity index (χ0n) is 17.1. The highest BCUT2D eigenvalue weighted by atomic mass is 19.4. The van der Waals surface area contributed by atoms with Gasteiger partial charge in [0.2, 0.25) is 5.88 Å². The molecule has 0 saturated heterocycles. The molecule has 7 nitrogen and oxygen atoms in total. The molecule has 0 aliphatic heterocycles. The lowest BCUT2D eigenvalue weighted by Gasteiger charge is -2.09. The summed E-state index contributed by atoms with van der Waals surface area (Å²) in [7, 11) is 0. The summed E-state index contributed by atoms with van der Waals surface area (Å²) in [5.41, 5.74) is -0.0173. The van der Waals surface area contributed by atoms with Crippen LogP contribution < -0.4 is 15.4 Å². The normalized spacial score (nSPS) is 11.2. The molecule has 0 bridgehead atoms. The lowest BCUT2D eigenvalue weighted by atomic mass is 10.2.